The van der Waals surface area contributed by atoms with Crippen LogP contribution in [0.5, 0.6) is 5.75 Å². The molecule has 1 N–H and O–H groups in total. The molecule has 4 nitrogen and oxygen atoms in total. The summed E-state index contributed by atoms with van der Waals surface area (Å²) in [6.45, 7) is -6.65. The Morgan fingerprint density at radius 3 is 3.00 bits per heavy atom. The van der Waals surface area contributed by atoms with Gasteiger partial charge >= 0.3 is 5.97 Å². The molecule has 0 unspecified atom stereocenters. The van der Waals surface area contributed by atoms with Crippen LogP contribution in [0.15, 0.2) is 18.2 Å². The van der Waals surface area contributed by atoms with Crippen LogP contribution in [0.3, 0.4) is 0 Å². The number of carbonyl (C=O) groups is 1. The van der Waals surface area contributed by atoms with Gasteiger partial charge in [-0.2, -0.15) is 5.26 Å². The molecule has 0 spiro atoms. The molecule has 0 atom stereocenters. The molecule has 0 fully saturated rings. The number of aromatic carboxylic acids is 1. The van der Waals surface area contributed by atoms with E-state index in [1.807, 2.05) is 0 Å². The van der Waals surface area contributed by atoms with Gasteiger partial charge in [0.1, 0.15) is 11.8 Å². The van der Waals surface area contributed by atoms with Crippen molar-refractivity contribution in [3.05, 3.63) is 29.3 Å². The van der Waals surface area contributed by atoms with E-state index in [1.54, 1.807) is 6.07 Å². The minimum Gasteiger partial charge on any atom is -0.490 e. The number of carboxylic acids is 1. The molecular formula is C11H11NO3. The van der Waals surface area contributed by atoms with Crippen LogP contribution in [0.2, 0.25) is 0 Å². The third-order valence-corrected chi connectivity index (χ3v) is 1.56. The van der Waals surface area contributed by atoms with Gasteiger partial charge in [-0.1, -0.05) is 0 Å². The summed E-state index contributed by atoms with van der Waals surface area (Å²) >= 11 is 0. The summed E-state index contributed by atoms with van der Waals surface area (Å²) in [4.78, 5) is 10.8. The van der Waals surface area contributed by atoms with Crippen LogP contribution in [0.4, 0.5) is 0 Å². The molecule has 0 aliphatic heterocycles. The van der Waals surface area contributed by atoms with E-state index in [4.69, 9.17) is 24.7 Å². The number of nitrogens with zero attached hydrogens (tertiary/aromatic N) is 1. The highest BCUT2D eigenvalue weighted by molar-refractivity contribution is 5.88. The van der Waals surface area contributed by atoms with Crippen molar-refractivity contribution in [1.82, 2.24) is 0 Å². The van der Waals surface area contributed by atoms with Gasteiger partial charge in [0.25, 0.3) is 0 Å². The predicted molar refractivity (Wildman–Crippen MR) is 53.9 cm³/mol. The number of hydrogen-bond donors (Lipinski definition) is 1. The molecule has 15 heavy (non-hydrogen) atoms. The molecule has 0 aliphatic rings. The lowest BCUT2D eigenvalue weighted by Gasteiger charge is -2.11. The fraction of sp³-hybridized carbons (Fsp3) is 0.273. The lowest BCUT2D eigenvalue weighted by Crippen LogP contribution is -2.07. The number of carboxylic acid groups (broad SMARTS) is 1. The molecule has 0 heterocycles. The minimum absolute atomic E-state index is 0.262. The average Bonchev–Trinajstić information content (AvgIpc) is 2.36. The normalized spacial score (nSPS) is 19.0. The van der Waals surface area contributed by atoms with Crippen molar-refractivity contribution < 1.29 is 24.2 Å². The quantitative estimate of drug-likeness (QED) is 0.832. The molecule has 0 aromatic heterocycles. The van der Waals surface area contributed by atoms with Crippen LogP contribution in [0.25, 0.3) is 0 Å². The molecular weight excluding hydrogens is 194 g/mol. The Morgan fingerprint density at radius 1 is 1.73 bits per heavy atom. The smallest absolute Gasteiger partial charge is 0.335 e. The van der Waals surface area contributed by atoms with Gasteiger partial charge < -0.3 is 9.84 Å². The fourth-order valence-corrected chi connectivity index (χ4v) is 0.949. The Hall–Kier alpha value is -2.02. The SMILES string of the molecule is [2H]C([2H])([2H])C([2H])(Oc1ccc(C(=O)O)cc1C#N)C([2H])([2H])[2H]. The van der Waals surface area contributed by atoms with Crippen molar-refractivity contribution in [3.8, 4) is 11.8 Å². The average molecular weight is 212 g/mol. The Labute approximate surface area is 97.6 Å². The number of nitriles is 1. The molecule has 1 aromatic rings. The summed E-state index contributed by atoms with van der Waals surface area (Å²) in [7, 11) is 0. The second-order valence-corrected chi connectivity index (χ2v) is 2.56. The zero-order valence-electron chi connectivity index (χ0n) is 14.4. The van der Waals surface area contributed by atoms with E-state index in [2.05, 4.69) is 0 Å². The summed E-state index contributed by atoms with van der Waals surface area (Å²) < 4.78 is 55.8. The van der Waals surface area contributed by atoms with Gasteiger partial charge in [0.05, 0.1) is 18.6 Å². The van der Waals surface area contributed by atoms with Crippen LogP contribution in [-0.2, 0) is 0 Å². The Kier molecular flexibility index (Phi) is 1.39. The molecule has 78 valence electrons. The number of hydrogen-bond acceptors (Lipinski definition) is 3. The van der Waals surface area contributed by atoms with Crippen molar-refractivity contribution in [2.45, 2.75) is 19.8 Å². The lowest BCUT2D eigenvalue weighted by molar-refractivity contribution is 0.0697. The first-order valence-electron chi connectivity index (χ1n) is 7.30. The standard InChI is InChI=1S/C11H11NO3/c1-7(2)15-10-4-3-8(11(13)14)5-9(10)6-12/h3-5,7H,1-2H3,(H,13,14)/i1D3,2D3,7D. The molecule has 0 radical (unpaired) electrons. The third-order valence-electron chi connectivity index (χ3n) is 1.56. The van der Waals surface area contributed by atoms with E-state index in [-0.39, 0.29) is 11.1 Å². The number of ether oxygens (including phenoxy) is 1. The van der Waals surface area contributed by atoms with Crippen molar-refractivity contribution in [1.29, 1.82) is 5.26 Å². The highest BCUT2D eigenvalue weighted by atomic mass is 16.5. The zero-order chi connectivity index (χ0) is 17.3. The maximum Gasteiger partial charge on any atom is 0.335 e. The van der Waals surface area contributed by atoms with E-state index in [0.29, 0.717) is 0 Å². The first kappa shape index (κ1) is 4.67. The Morgan fingerprint density at radius 2 is 2.47 bits per heavy atom. The van der Waals surface area contributed by atoms with Gasteiger partial charge in [0.15, 0.2) is 0 Å². The summed E-state index contributed by atoms with van der Waals surface area (Å²) in [5.74, 6) is -1.82. The summed E-state index contributed by atoms with van der Waals surface area (Å²) in [5, 5.41) is 17.8. The van der Waals surface area contributed by atoms with E-state index < -0.39 is 31.5 Å². The Bertz CT molecular complexity index is 616. The van der Waals surface area contributed by atoms with Crippen LogP contribution >= 0.6 is 0 Å². The van der Waals surface area contributed by atoms with Crippen molar-refractivity contribution >= 4 is 5.97 Å². The topological polar surface area (TPSA) is 70.3 Å². The van der Waals surface area contributed by atoms with Crippen LogP contribution in [0, 0.1) is 11.3 Å². The van der Waals surface area contributed by atoms with Gasteiger partial charge in [-0.3, -0.25) is 0 Å². The second kappa shape index (κ2) is 4.47. The lowest BCUT2D eigenvalue weighted by atomic mass is 10.1. The van der Waals surface area contributed by atoms with Crippen LogP contribution in [-0.4, -0.2) is 17.2 Å². The maximum atomic E-state index is 10.8. The van der Waals surface area contributed by atoms with Crippen molar-refractivity contribution in [2.75, 3.05) is 0 Å². The van der Waals surface area contributed by atoms with E-state index in [1.165, 1.54) is 0 Å². The molecule has 0 bridgehead atoms. The first-order chi connectivity index (χ1) is 9.83. The minimum atomic E-state index is -3.32. The van der Waals surface area contributed by atoms with Crippen molar-refractivity contribution in [3.63, 3.8) is 0 Å². The highest BCUT2D eigenvalue weighted by Gasteiger charge is 2.09. The summed E-state index contributed by atoms with van der Waals surface area (Å²) in [5.41, 5.74) is -0.646. The molecule has 1 aromatic carbocycles. The van der Waals surface area contributed by atoms with E-state index >= 15 is 0 Å². The molecule has 0 saturated heterocycles. The number of benzene rings is 1. The summed E-state index contributed by atoms with van der Waals surface area (Å²) in [6.07, 6.45) is -3.30. The monoisotopic (exact) mass is 212 g/mol. The fourth-order valence-electron chi connectivity index (χ4n) is 0.949. The molecule has 0 saturated carbocycles. The molecule has 1 rings (SSSR count). The van der Waals surface area contributed by atoms with E-state index in [0.717, 1.165) is 18.2 Å². The predicted octanol–water partition coefficient (Wildman–Crippen LogP) is 2.04. The van der Waals surface area contributed by atoms with Crippen LogP contribution in [0.1, 0.15) is 39.2 Å². The van der Waals surface area contributed by atoms with E-state index in [9.17, 15) is 4.79 Å². The maximum absolute atomic E-state index is 10.8. The number of rotatable bonds is 3. The molecule has 4 heteroatoms. The largest absolute Gasteiger partial charge is 0.490 e. The Balaban J connectivity index is 3.38. The van der Waals surface area contributed by atoms with Crippen LogP contribution < -0.4 is 4.74 Å². The molecule has 0 aliphatic carbocycles. The highest BCUT2D eigenvalue weighted by Crippen LogP contribution is 2.20. The molecule has 0 amide bonds. The van der Waals surface area contributed by atoms with Crippen molar-refractivity contribution in [2.24, 2.45) is 0 Å². The van der Waals surface area contributed by atoms with Gasteiger partial charge in [0.2, 0.25) is 0 Å². The van der Waals surface area contributed by atoms with Gasteiger partial charge in [-0.05, 0) is 31.9 Å². The zero-order valence-corrected chi connectivity index (χ0v) is 7.44. The van der Waals surface area contributed by atoms with Gasteiger partial charge in [-0.25, -0.2) is 4.79 Å². The second-order valence-electron chi connectivity index (χ2n) is 2.56. The summed E-state index contributed by atoms with van der Waals surface area (Å²) in [6, 6.07) is 4.44. The third kappa shape index (κ3) is 2.71. The van der Waals surface area contributed by atoms with Gasteiger partial charge in [0, 0.05) is 8.22 Å². The first-order valence-corrected chi connectivity index (χ1v) is 3.80. The van der Waals surface area contributed by atoms with Gasteiger partial charge in [-0.15, -0.1) is 0 Å².